The largest absolute Gasteiger partial charge is 0.376 e. The Kier molecular flexibility index (Phi) is 11.6. The molecule has 0 aromatic carbocycles. The van der Waals surface area contributed by atoms with Crippen LogP contribution in [0.5, 0.6) is 0 Å². The maximum atomic E-state index is 5.63. The molecule has 0 heterocycles. The van der Waals surface area contributed by atoms with Crippen LogP contribution in [0, 0.1) is 0 Å². The maximum Gasteiger partial charge on any atom is 0.194 e. The summed E-state index contributed by atoms with van der Waals surface area (Å²) >= 11 is 0. The zero-order valence-corrected chi connectivity index (χ0v) is 13.7. The average Bonchev–Trinajstić information content (AvgIpc) is 2.45. The van der Waals surface area contributed by atoms with Crippen LogP contribution in [0.3, 0.4) is 0 Å². The highest BCUT2D eigenvalue weighted by atomic mass is 16.7. The SMILES string of the molecule is CCCCCCCCC(OC)C(CCC)(OC)OC. The summed E-state index contributed by atoms with van der Waals surface area (Å²) in [5, 5.41) is 0. The molecule has 3 nitrogen and oxygen atoms in total. The van der Waals surface area contributed by atoms with Crippen molar-refractivity contribution in [3.05, 3.63) is 0 Å². The zero-order chi connectivity index (χ0) is 14.6. The molecule has 0 aliphatic heterocycles. The van der Waals surface area contributed by atoms with Gasteiger partial charge in [-0.2, -0.15) is 0 Å². The fourth-order valence-corrected chi connectivity index (χ4v) is 2.69. The molecule has 1 atom stereocenters. The smallest absolute Gasteiger partial charge is 0.194 e. The van der Waals surface area contributed by atoms with E-state index in [1.165, 1.54) is 38.5 Å². The van der Waals surface area contributed by atoms with Crippen molar-refractivity contribution < 1.29 is 14.2 Å². The predicted molar refractivity (Wildman–Crippen MR) is 80.4 cm³/mol. The van der Waals surface area contributed by atoms with Crippen LogP contribution in [0.1, 0.15) is 71.6 Å². The van der Waals surface area contributed by atoms with Crippen LogP contribution < -0.4 is 0 Å². The molecule has 0 saturated carbocycles. The van der Waals surface area contributed by atoms with Crippen LogP contribution >= 0.6 is 0 Å². The molecule has 0 rings (SSSR count). The van der Waals surface area contributed by atoms with Crippen LogP contribution in [-0.2, 0) is 14.2 Å². The average molecular weight is 274 g/mol. The fraction of sp³-hybridized carbons (Fsp3) is 1.00. The van der Waals surface area contributed by atoms with Gasteiger partial charge in [0, 0.05) is 27.8 Å². The van der Waals surface area contributed by atoms with Crippen molar-refractivity contribution >= 4 is 0 Å². The lowest BCUT2D eigenvalue weighted by atomic mass is 9.97. The van der Waals surface area contributed by atoms with Gasteiger partial charge in [0.15, 0.2) is 5.79 Å². The minimum absolute atomic E-state index is 0.0219. The van der Waals surface area contributed by atoms with Crippen LogP contribution in [0.25, 0.3) is 0 Å². The third-order valence-corrected chi connectivity index (χ3v) is 3.88. The van der Waals surface area contributed by atoms with Crippen LogP contribution in [0.4, 0.5) is 0 Å². The van der Waals surface area contributed by atoms with Gasteiger partial charge in [-0.05, 0) is 6.42 Å². The van der Waals surface area contributed by atoms with Gasteiger partial charge in [0.25, 0.3) is 0 Å². The normalized spacial score (nSPS) is 13.7. The van der Waals surface area contributed by atoms with Crippen molar-refractivity contribution in [3.63, 3.8) is 0 Å². The van der Waals surface area contributed by atoms with E-state index in [9.17, 15) is 0 Å². The maximum absolute atomic E-state index is 5.63. The van der Waals surface area contributed by atoms with Crippen LogP contribution in [0.2, 0.25) is 0 Å². The van der Waals surface area contributed by atoms with Crippen molar-refractivity contribution in [1.82, 2.24) is 0 Å². The fourth-order valence-electron chi connectivity index (χ4n) is 2.69. The monoisotopic (exact) mass is 274 g/mol. The molecule has 0 fully saturated rings. The Hall–Kier alpha value is -0.120. The molecule has 3 heteroatoms. The second-order valence-electron chi connectivity index (χ2n) is 5.25. The van der Waals surface area contributed by atoms with Crippen molar-refractivity contribution in [1.29, 1.82) is 0 Å². The number of ether oxygens (including phenoxy) is 3. The summed E-state index contributed by atoms with van der Waals surface area (Å²) in [6, 6.07) is 0. The highest BCUT2D eigenvalue weighted by molar-refractivity contribution is 4.80. The number of methoxy groups -OCH3 is 3. The molecule has 0 aliphatic carbocycles. The topological polar surface area (TPSA) is 27.7 Å². The highest BCUT2D eigenvalue weighted by Gasteiger charge is 2.38. The Balaban J connectivity index is 4.14. The standard InChI is InChI=1S/C16H34O3/c1-6-8-9-10-11-12-13-15(17-3)16(18-4,19-5)14-7-2/h15H,6-14H2,1-5H3. The second-order valence-corrected chi connectivity index (χ2v) is 5.25. The Bertz CT molecular complexity index is 190. The van der Waals surface area contributed by atoms with Crippen LogP contribution in [0.15, 0.2) is 0 Å². The van der Waals surface area contributed by atoms with E-state index in [2.05, 4.69) is 13.8 Å². The van der Waals surface area contributed by atoms with Crippen molar-refractivity contribution in [3.8, 4) is 0 Å². The third-order valence-electron chi connectivity index (χ3n) is 3.88. The molecule has 0 bridgehead atoms. The number of unbranched alkanes of at least 4 members (excludes halogenated alkanes) is 5. The summed E-state index contributed by atoms with van der Waals surface area (Å²) in [5.41, 5.74) is 0. The molecular formula is C16H34O3. The predicted octanol–water partition coefficient (Wildman–Crippen LogP) is 4.54. The van der Waals surface area contributed by atoms with E-state index in [1.54, 1.807) is 21.3 Å². The van der Waals surface area contributed by atoms with Gasteiger partial charge < -0.3 is 14.2 Å². The summed E-state index contributed by atoms with van der Waals surface area (Å²) in [5.74, 6) is -0.576. The molecule has 0 N–H and O–H groups in total. The second kappa shape index (κ2) is 11.7. The van der Waals surface area contributed by atoms with Gasteiger partial charge in [0.05, 0.1) is 0 Å². The van der Waals surface area contributed by atoms with Gasteiger partial charge in [-0.15, -0.1) is 0 Å². The van der Waals surface area contributed by atoms with Crippen molar-refractivity contribution in [2.45, 2.75) is 83.5 Å². The molecule has 0 radical (unpaired) electrons. The number of rotatable bonds is 13. The first kappa shape index (κ1) is 18.9. The van der Waals surface area contributed by atoms with Crippen molar-refractivity contribution in [2.24, 2.45) is 0 Å². The van der Waals surface area contributed by atoms with E-state index in [-0.39, 0.29) is 6.10 Å². The summed E-state index contributed by atoms with van der Waals surface area (Å²) in [6.07, 6.45) is 10.7. The van der Waals surface area contributed by atoms with E-state index in [4.69, 9.17) is 14.2 Å². The minimum Gasteiger partial charge on any atom is -0.376 e. The van der Waals surface area contributed by atoms with E-state index in [0.29, 0.717) is 0 Å². The number of hydrogen-bond donors (Lipinski definition) is 0. The quantitative estimate of drug-likeness (QED) is 0.364. The Labute approximate surface area is 120 Å². The van der Waals surface area contributed by atoms with E-state index < -0.39 is 5.79 Å². The summed E-state index contributed by atoms with van der Waals surface area (Å²) in [7, 11) is 5.18. The van der Waals surface area contributed by atoms with Gasteiger partial charge in [0.1, 0.15) is 6.10 Å². The highest BCUT2D eigenvalue weighted by Crippen LogP contribution is 2.28. The van der Waals surface area contributed by atoms with Gasteiger partial charge in [-0.25, -0.2) is 0 Å². The lowest BCUT2D eigenvalue weighted by molar-refractivity contribution is -0.269. The molecule has 116 valence electrons. The summed E-state index contributed by atoms with van der Waals surface area (Å²) in [4.78, 5) is 0. The van der Waals surface area contributed by atoms with Crippen molar-refractivity contribution in [2.75, 3.05) is 21.3 Å². The van der Waals surface area contributed by atoms with Gasteiger partial charge in [-0.3, -0.25) is 0 Å². The molecular weight excluding hydrogens is 240 g/mol. The molecule has 0 aromatic heterocycles. The Morgan fingerprint density at radius 3 is 1.84 bits per heavy atom. The first-order valence-corrected chi connectivity index (χ1v) is 7.83. The Morgan fingerprint density at radius 2 is 1.37 bits per heavy atom. The molecule has 0 aliphatic rings. The zero-order valence-electron chi connectivity index (χ0n) is 13.7. The lowest BCUT2D eigenvalue weighted by Gasteiger charge is -2.37. The first-order chi connectivity index (χ1) is 9.20. The summed E-state index contributed by atoms with van der Waals surface area (Å²) in [6.45, 7) is 4.39. The molecule has 0 spiro atoms. The van der Waals surface area contributed by atoms with E-state index in [1.807, 2.05) is 0 Å². The molecule has 1 unspecified atom stereocenters. The van der Waals surface area contributed by atoms with Gasteiger partial charge in [0.2, 0.25) is 0 Å². The van der Waals surface area contributed by atoms with Gasteiger partial charge >= 0.3 is 0 Å². The molecule has 19 heavy (non-hydrogen) atoms. The molecule has 0 aromatic rings. The third kappa shape index (κ3) is 6.73. The molecule has 0 saturated heterocycles. The van der Waals surface area contributed by atoms with E-state index in [0.717, 1.165) is 19.3 Å². The number of hydrogen-bond acceptors (Lipinski definition) is 3. The first-order valence-electron chi connectivity index (χ1n) is 7.83. The lowest BCUT2D eigenvalue weighted by Crippen LogP contribution is -2.47. The summed E-state index contributed by atoms with van der Waals surface area (Å²) < 4.78 is 16.9. The molecule has 0 amide bonds. The van der Waals surface area contributed by atoms with Gasteiger partial charge in [-0.1, -0.05) is 58.8 Å². The minimum atomic E-state index is -0.576. The Morgan fingerprint density at radius 1 is 0.789 bits per heavy atom. The van der Waals surface area contributed by atoms with E-state index >= 15 is 0 Å². The van der Waals surface area contributed by atoms with Crippen LogP contribution in [-0.4, -0.2) is 33.2 Å².